The van der Waals surface area contributed by atoms with E-state index in [0.29, 0.717) is 5.56 Å². The van der Waals surface area contributed by atoms with E-state index in [-0.39, 0.29) is 10.6 Å². The molecule has 0 saturated carbocycles. The van der Waals surface area contributed by atoms with Gasteiger partial charge in [-0.1, -0.05) is 25.4 Å². The fourth-order valence-corrected chi connectivity index (χ4v) is 1.23. The number of carboxylic acid groups (broad SMARTS) is 1. The molecule has 0 atom stereocenters. The SMILES string of the molecule is CC.Cc1cc(Cl)cc(F)c1C(=O)O. The molecule has 78 valence electrons. The van der Waals surface area contributed by atoms with E-state index in [4.69, 9.17) is 16.7 Å². The summed E-state index contributed by atoms with van der Waals surface area (Å²) in [5.74, 6) is -2.07. The van der Waals surface area contributed by atoms with Gasteiger partial charge in [-0.15, -0.1) is 0 Å². The van der Waals surface area contributed by atoms with Crippen LogP contribution in [-0.2, 0) is 0 Å². The van der Waals surface area contributed by atoms with Crippen molar-refractivity contribution < 1.29 is 14.3 Å². The van der Waals surface area contributed by atoms with E-state index in [1.54, 1.807) is 0 Å². The fourth-order valence-electron chi connectivity index (χ4n) is 0.973. The Balaban J connectivity index is 0.000000791. The van der Waals surface area contributed by atoms with Gasteiger partial charge in [0, 0.05) is 5.02 Å². The Hall–Kier alpha value is -1.09. The lowest BCUT2D eigenvalue weighted by Crippen LogP contribution is -2.03. The normalized spacial score (nSPS) is 8.93. The maximum absolute atomic E-state index is 12.9. The Morgan fingerprint density at radius 1 is 1.43 bits per heavy atom. The molecule has 0 fully saturated rings. The molecule has 0 heterocycles. The molecule has 1 aromatic rings. The van der Waals surface area contributed by atoms with Gasteiger partial charge in [0.15, 0.2) is 0 Å². The van der Waals surface area contributed by atoms with Crippen LogP contribution in [0.1, 0.15) is 29.8 Å². The predicted molar refractivity (Wildman–Crippen MR) is 54.5 cm³/mol. The predicted octanol–water partition coefficient (Wildman–Crippen LogP) is 3.51. The molecule has 0 aliphatic carbocycles. The van der Waals surface area contributed by atoms with Crippen LogP contribution in [0.5, 0.6) is 0 Å². The molecule has 0 unspecified atom stereocenters. The second-order valence-electron chi connectivity index (χ2n) is 2.38. The second kappa shape index (κ2) is 5.60. The molecular weight excluding hydrogens is 207 g/mol. The zero-order valence-electron chi connectivity index (χ0n) is 8.27. The molecule has 0 bridgehead atoms. The summed E-state index contributed by atoms with van der Waals surface area (Å²) in [5, 5.41) is 8.76. The van der Waals surface area contributed by atoms with Crippen molar-refractivity contribution in [1.29, 1.82) is 0 Å². The number of carbonyl (C=O) groups is 1. The second-order valence-corrected chi connectivity index (χ2v) is 2.82. The van der Waals surface area contributed by atoms with Crippen molar-refractivity contribution in [1.82, 2.24) is 0 Å². The molecule has 2 nitrogen and oxygen atoms in total. The van der Waals surface area contributed by atoms with E-state index in [9.17, 15) is 9.18 Å². The number of hydrogen-bond donors (Lipinski definition) is 1. The first-order chi connectivity index (χ1) is 6.52. The average molecular weight is 219 g/mol. The Kier molecular flexibility index (Phi) is 5.16. The molecule has 0 radical (unpaired) electrons. The molecule has 4 heteroatoms. The van der Waals surface area contributed by atoms with E-state index in [0.717, 1.165) is 6.07 Å². The lowest BCUT2D eigenvalue weighted by molar-refractivity contribution is 0.0691. The summed E-state index contributed by atoms with van der Waals surface area (Å²) < 4.78 is 12.9. The molecule has 0 aromatic heterocycles. The summed E-state index contributed by atoms with van der Waals surface area (Å²) in [4.78, 5) is 10.5. The number of carboxylic acids is 1. The van der Waals surface area contributed by atoms with Crippen LogP contribution in [0.2, 0.25) is 5.02 Å². The molecule has 0 aliphatic rings. The Morgan fingerprint density at radius 3 is 2.29 bits per heavy atom. The van der Waals surface area contributed by atoms with Crippen molar-refractivity contribution in [2.75, 3.05) is 0 Å². The van der Waals surface area contributed by atoms with Crippen LogP contribution in [0.4, 0.5) is 4.39 Å². The summed E-state index contributed by atoms with van der Waals surface area (Å²) in [6.45, 7) is 5.50. The monoisotopic (exact) mass is 218 g/mol. The van der Waals surface area contributed by atoms with Crippen LogP contribution in [0.15, 0.2) is 12.1 Å². The molecule has 0 saturated heterocycles. The van der Waals surface area contributed by atoms with Gasteiger partial charge in [0.05, 0.1) is 5.56 Å². The minimum Gasteiger partial charge on any atom is -0.478 e. The van der Waals surface area contributed by atoms with Crippen LogP contribution >= 0.6 is 11.6 Å². The number of halogens is 2. The molecule has 1 N–H and O–H groups in total. The van der Waals surface area contributed by atoms with Gasteiger partial charge in [-0.3, -0.25) is 0 Å². The number of rotatable bonds is 1. The standard InChI is InChI=1S/C8H6ClFO2.C2H6/c1-4-2-5(9)3-6(10)7(4)8(11)12;1-2/h2-3H,1H3,(H,11,12);1-2H3. The lowest BCUT2D eigenvalue weighted by Gasteiger charge is -2.01. The summed E-state index contributed by atoms with van der Waals surface area (Å²) in [5.41, 5.74) is 0.00639. The zero-order chi connectivity index (χ0) is 11.3. The highest BCUT2D eigenvalue weighted by molar-refractivity contribution is 6.30. The van der Waals surface area contributed by atoms with E-state index in [1.807, 2.05) is 13.8 Å². The van der Waals surface area contributed by atoms with Crippen molar-refractivity contribution >= 4 is 17.6 Å². The van der Waals surface area contributed by atoms with Crippen LogP contribution in [-0.4, -0.2) is 11.1 Å². The Labute approximate surface area is 87.3 Å². The van der Waals surface area contributed by atoms with Gasteiger partial charge < -0.3 is 5.11 Å². The molecular formula is C10H12ClFO2. The Bertz CT molecular complexity index is 314. The highest BCUT2D eigenvalue weighted by Crippen LogP contribution is 2.19. The summed E-state index contributed by atoms with van der Waals surface area (Å²) in [7, 11) is 0. The largest absolute Gasteiger partial charge is 0.478 e. The van der Waals surface area contributed by atoms with Crippen molar-refractivity contribution in [3.05, 3.63) is 34.1 Å². The topological polar surface area (TPSA) is 37.3 Å². The lowest BCUT2D eigenvalue weighted by atomic mass is 10.1. The first kappa shape index (κ1) is 12.9. The molecule has 0 spiro atoms. The quantitative estimate of drug-likeness (QED) is 0.783. The summed E-state index contributed by atoms with van der Waals surface area (Å²) in [6, 6.07) is 2.39. The highest BCUT2D eigenvalue weighted by Gasteiger charge is 2.13. The third-order valence-electron chi connectivity index (χ3n) is 1.47. The zero-order valence-corrected chi connectivity index (χ0v) is 9.02. The van der Waals surface area contributed by atoms with Gasteiger partial charge in [0.2, 0.25) is 0 Å². The molecule has 0 aliphatic heterocycles. The minimum atomic E-state index is -1.28. The van der Waals surface area contributed by atoms with E-state index in [1.165, 1.54) is 13.0 Å². The third-order valence-corrected chi connectivity index (χ3v) is 1.68. The first-order valence-corrected chi connectivity index (χ1v) is 4.59. The molecule has 14 heavy (non-hydrogen) atoms. The smallest absolute Gasteiger partial charge is 0.338 e. The molecule has 1 aromatic carbocycles. The van der Waals surface area contributed by atoms with Crippen LogP contribution < -0.4 is 0 Å². The molecule has 1 rings (SSSR count). The van der Waals surface area contributed by atoms with E-state index < -0.39 is 11.8 Å². The third kappa shape index (κ3) is 3.00. The van der Waals surface area contributed by atoms with Crippen molar-refractivity contribution in [2.24, 2.45) is 0 Å². The van der Waals surface area contributed by atoms with Crippen molar-refractivity contribution in [2.45, 2.75) is 20.8 Å². The van der Waals surface area contributed by atoms with Gasteiger partial charge >= 0.3 is 5.97 Å². The summed E-state index contributed by atoms with van der Waals surface area (Å²) >= 11 is 5.49. The van der Waals surface area contributed by atoms with Gasteiger partial charge in [0.25, 0.3) is 0 Å². The highest BCUT2D eigenvalue weighted by atomic mass is 35.5. The van der Waals surface area contributed by atoms with E-state index in [2.05, 4.69) is 0 Å². The molecule has 0 amide bonds. The maximum Gasteiger partial charge on any atom is 0.338 e. The summed E-state index contributed by atoms with van der Waals surface area (Å²) in [6.07, 6.45) is 0. The van der Waals surface area contributed by atoms with Crippen LogP contribution in [0.3, 0.4) is 0 Å². The van der Waals surface area contributed by atoms with Crippen molar-refractivity contribution in [3.8, 4) is 0 Å². The van der Waals surface area contributed by atoms with Gasteiger partial charge in [-0.2, -0.15) is 0 Å². The first-order valence-electron chi connectivity index (χ1n) is 4.21. The average Bonchev–Trinajstić information content (AvgIpc) is 2.04. The van der Waals surface area contributed by atoms with Gasteiger partial charge in [-0.05, 0) is 24.6 Å². The number of benzene rings is 1. The fraction of sp³-hybridized carbons (Fsp3) is 0.300. The van der Waals surface area contributed by atoms with Crippen LogP contribution in [0.25, 0.3) is 0 Å². The maximum atomic E-state index is 12.9. The number of hydrogen-bond acceptors (Lipinski definition) is 1. The van der Waals surface area contributed by atoms with E-state index >= 15 is 0 Å². The van der Waals surface area contributed by atoms with Crippen LogP contribution in [0, 0.1) is 12.7 Å². The van der Waals surface area contributed by atoms with Gasteiger partial charge in [0.1, 0.15) is 5.82 Å². The Morgan fingerprint density at radius 2 is 1.93 bits per heavy atom. The van der Waals surface area contributed by atoms with Gasteiger partial charge in [-0.25, -0.2) is 9.18 Å². The minimum absolute atomic E-state index is 0.204. The number of aromatic carboxylic acids is 1. The number of aryl methyl sites for hydroxylation is 1. The van der Waals surface area contributed by atoms with Crippen molar-refractivity contribution in [3.63, 3.8) is 0 Å².